The minimum Gasteiger partial charge on any atom is -0.0587 e. The van der Waals surface area contributed by atoms with Gasteiger partial charge >= 0.3 is 0 Å². The number of aryl methyl sites for hydroxylation is 5. The molecular formula is C47H40. The van der Waals surface area contributed by atoms with Gasteiger partial charge in [-0.25, -0.2) is 0 Å². The lowest BCUT2D eigenvalue weighted by Crippen LogP contribution is -1.90. The Morgan fingerprint density at radius 3 is 0.553 bits per heavy atom. The molecule has 7 rings (SSSR count). The molecule has 0 saturated heterocycles. The van der Waals surface area contributed by atoms with E-state index in [1.165, 1.54) is 94.6 Å². The third kappa shape index (κ3) is 6.74. The Morgan fingerprint density at radius 1 is 0.170 bits per heavy atom. The van der Waals surface area contributed by atoms with Crippen LogP contribution >= 0.6 is 0 Å². The summed E-state index contributed by atoms with van der Waals surface area (Å²) >= 11 is 0. The monoisotopic (exact) mass is 604 g/mol. The molecule has 0 saturated carbocycles. The zero-order valence-electron chi connectivity index (χ0n) is 27.9. The number of hydrogen-bond donors (Lipinski definition) is 0. The molecule has 0 atom stereocenters. The van der Waals surface area contributed by atoms with Gasteiger partial charge in [-0.05, 0) is 149 Å². The normalized spacial score (nSPS) is 11.1. The highest BCUT2D eigenvalue weighted by atomic mass is 14.2. The van der Waals surface area contributed by atoms with Gasteiger partial charge in [0, 0.05) is 0 Å². The average molecular weight is 605 g/mol. The van der Waals surface area contributed by atoms with E-state index in [2.05, 4.69) is 186 Å². The number of hydrogen-bond acceptors (Lipinski definition) is 0. The molecule has 7 aromatic carbocycles. The van der Waals surface area contributed by atoms with E-state index in [0.717, 1.165) is 0 Å². The summed E-state index contributed by atoms with van der Waals surface area (Å²) in [5.74, 6) is 0. The highest BCUT2D eigenvalue weighted by Gasteiger charge is 2.12. The lowest BCUT2D eigenvalue weighted by Gasteiger charge is -2.15. The van der Waals surface area contributed by atoms with Crippen molar-refractivity contribution in [2.24, 2.45) is 0 Å². The van der Waals surface area contributed by atoms with Crippen molar-refractivity contribution >= 4 is 0 Å². The van der Waals surface area contributed by atoms with E-state index < -0.39 is 0 Å². The van der Waals surface area contributed by atoms with E-state index in [0.29, 0.717) is 0 Å². The van der Waals surface area contributed by atoms with Crippen molar-refractivity contribution in [3.8, 4) is 66.8 Å². The quantitative estimate of drug-likeness (QED) is 0.177. The zero-order valence-corrected chi connectivity index (χ0v) is 27.9. The summed E-state index contributed by atoms with van der Waals surface area (Å²) in [6.45, 7) is 10.8. The predicted molar refractivity (Wildman–Crippen MR) is 203 cm³/mol. The van der Waals surface area contributed by atoms with Gasteiger partial charge in [0.2, 0.25) is 0 Å². The van der Waals surface area contributed by atoms with Gasteiger partial charge in [-0.3, -0.25) is 0 Å². The largest absolute Gasteiger partial charge is 0.0587 e. The van der Waals surface area contributed by atoms with Crippen LogP contribution in [0.15, 0.2) is 152 Å². The van der Waals surface area contributed by atoms with Gasteiger partial charge in [0.25, 0.3) is 0 Å². The second-order valence-corrected chi connectivity index (χ2v) is 13.1. The molecule has 0 unspecified atom stereocenters. The molecule has 0 fully saturated rings. The van der Waals surface area contributed by atoms with Gasteiger partial charge < -0.3 is 0 Å². The second kappa shape index (κ2) is 12.7. The molecule has 47 heavy (non-hydrogen) atoms. The van der Waals surface area contributed by atoms with E-state index in [9.17, 15) is 0 Å². The first-order valence-electron chi connectivity index (χ1n) is 16.5. The van der Waals surface area contributed by atoms with Crippen molar-refractivity contribution in [3.05, 3.63) is 179 Å². The summed E-state index contributed by atoms with van der Waals surface area (Å²) in [5, 5.41) is 0. The van der Waals surface area contributed by atoms with Crippen molar-refractivity contribution < 1.29 is 0 Å². The van der Waals surface area contributed by atoms with Crippen molar-refractivity contribution in [1.82, 2.24) is 0 Å². The van der Waals surface area contributed by atoms with Crippen LogP contribution in [-0.4, -0.2) is 0 Å². The third-order valence-corrected chi connectivity index (χ3v) is 9.15. The maximum absolute atomic E-state index is 2.37. The average Bonchev–Trinajstić information content (AvgIpc) is 3.09. The Bertz CT molecular complexity index is 1890. The lowest BCUT2D eigenvalue weighted by atomic mass is 9.89. The zero-order chi connectivity index (χ0) is 32.5. The van der Waals surface area contributed by atoms with E-state index in [-0.39, 0.29) is 0 Å². The van der Waals surface area contributed by atoms with Crippen LogP contribution in [0, 0.1) is 34.6 Å². The third-order valence-electron chi connectivity index (χ3n) is 9.15. The molecule has 0 spiro atoms. The molecule has 228 valence electrons. The molecule has 0 heterocycles. The van der Waals surface area contributed by atoms with Crippen molar-refractivity contribution in [2.75, 3.05) is 0 Å². The van der Waals surface area contributed by atoms with Gasteiger partial charge in [0.15, 0.2) is 0 Å². The topological polar surface area (TPSA) is 0 Å². The first-order chi connectivity index (χ1) is 22.8. The Kier molecular flexibility index (Phi) is 8.19. The standard InChI is InChI=1S/C47H40/c1-31-6-14-36(15-7-31)42-25-43(37-16-8-32(2)9-17-37)28-46(27-42)40-22-35(5)23-41(24-40)47-29-44(38-18-10-33(3)11-19-38)26-45(30-47)39-20-12-34(4)13-21-39/h6-30H,1-5H3. The van der Waals surface area contributed by atoms with E-state index in [1.807, 2.05) is 0 Å². The second-order valence-electron chi connectivity index (χ2n) is 13.1. The molecule has 7 aromatic rings. The molecule has 0 aliphatic rings. The highest BCUT2D eigenvalue weighted by Crippen LogP contribution is 2.38. The molecule has 0 amide bonds. The SMILES string of the molecule is Cc1ccc(-c2cc(-c3ccc(C)cc3)cc(-c3cc(C)cc(-c4cc(-c5ccc(C)cc5)cc(-c5ccc(C)cc5)c4)c3)c2)cc1. The molecule has 0 heteroatoms. The van der Waals surface area contributed by atoms with E-state index >= 15 is 0 Å². The van der Waals surface area contributed by atoms with Crippen LogP contribution in [0.1, 0.15) is 27.8 Å². The number of benzene rings is 7. The molecule has 0 nitrogen and oxygen atoms in total. The summed E-state index contributed by atoms with van der Waals surface area (Å²) in [6, 6.07) is 56.5. The van der Waals surface area contributed by atoms with Crippen LogP contribution in [0.5, 0.6) is 0 Å². The van der Waals surface area contributed by atoms with Crippen LogP contribution in [0.25, 0.3) is 66.8 Å². The highest BCUT2D eigenvalue weighted by molar-refractivity contribution is 5.86. The van der Waals surface area contributed by atoms with Crippen LogP contribution in [0.4, 0.5) is 0 Å². The van der Waals surface area contributed by atoms with Crippen molar-refractivity contribution in [2.45, 2.75) is 34.6 Å². The fourth-order valence-electron chi connectivity index (χ4n) is 6.36. The van der Waals surface area contributed by atoms with E-state index in [4.69, 9.17) is 0 Å². The van der Waals surface area contributed by atoms with E-state index in [1.54, 1.807) is 0 Å². The smallest absolute Gasteiger partial charge is 0.0171 e. The summed E-state index contributed by atoms with van der Waals surface area (Å²) in [6.07, 6.45) is 0. The molecule has 0 radical (unpaired) electrons. The first-order valence-corrected chi connectivity index (χ1v) is 16.5. The molecule has 0 aliphatic carbocycles. The Balaban J connectivity index is 1.39. The van der Waals surface area contributed by atoms with Crippen LogP contribution in [0.3, 0.4) is 0 Å². The van der Waals surface area contributed by atoms with Gasteiger partial charge in [-0.2, -0.15) is 0 Å². The van der Waals surface area contributed by atoms with Crippen molar-refractivity contribution in [3.63, 3.8) is 0 Å². The summed E-state index contributed by atoms with van der Waals surface area (Å²) in [4.78, 5) is 0. The molecule has 0 bridgehead atoms. The first kappa shape index (κ1) is 30.2. The minimum absolute atomic E-state index is 1.22. The van der Waals surface area contributed by atoms with Gasteiger partial charge in [-0.1, -0.05) is 131 Å². The number of rotatable bonds is 6. The van der Waals surface area contributed by atoms with Crippen LogP contribution in [-0.2, 0) is 0 Å². The van der Waals surface area contributed by atoms with Gasteiger partial charge in [-0.15, -0.1) is 0 Å². The lowest BCUT2D eigenvalue weighted by molar-refractivity contribution is 1.44. The van der Waals surface area contributed by atoms with Crippen LogP contribution in [0.2, 0.25) is 0 Å². The fourth-order valence-corrected chi connectivity index (χ4v) is 6.36. The fraction of sp³-hybridized carbons (Fsp3) is 0.106. The van der Waals surface area contributed by atoms with Gasteiger partial charge in [0.1, 0.15) is 0 Å². The maximum atomic E-state index is 2.37. The predicted octanol–water partition coefficient (Wildman–Crippen LogP) is 13.2. The van der Waals surface area contributed by atoms with Crippen molar-refractivity contribution in [1.29, 1.82) is 0 Å². The molecule has 0 aliphatic heterocycles. The minimum atomic E-state index is 1.22. The molecule has 0 N–H and O–H groups in total. The van der Waals surface area contributed by atoms with Gasteiger partial charge in [0.05, 0.1) is 0 Å². The molecule has 0 aromatic heterocycles. The summed E-state index contributed by atoms with van der Waals surface area (Å²) in [7, 11) is 0. The maximum Gasteiger partial charge on any atom is -0.0171 e. The summed E-state index contributed by atoms with van der Waals surface area (Å²) < 4.78 is 0. The summed E-state index contributed by atoms with van der Waals surface area (Å²) in [5.41, 5.74) is 21.0. The van der Waals surface area contributed by atoms with Crippen LogP contribution < -0.4 is 0 Å². The Labute approximate surface area is 280 Å². The Morgan fingerprint density at radius 2 is 0.340 bits per heavy atom. The Hall–Kier alpha value is -5.46. The molecular weight excluding hydrogens is 565 g/mol.